The van der Waals surface area contributed by atoms with Gasteiger partial charge in [0, 0.05) is 30.3 Å². The first kappa shape index (κ1) is 15.4. The van der Waals surface area contributed by atoms with Gasteiger partial charge in [0.2, 0.25) is 6.21 Å². The van der Waals surface area contributed by atoms with E-state index in [0.717, 1.165) is 18.8 Å². The van der Waals surface area contributed by atoms with Crippen LogP contribution in [0.5, 0.6) is 0 Å². The van der Waals surface area contributed by atoms with Crippen LogP contribution in [0.25, 0.3) is 0 Å². The van der Waals surface area contributed by atoms with Crippen LogP contribution in [0.3, 0.4) is 0 Å². The minimum absolute atomic E-state index is 0.0126. The third-order valence-corrected chi connectivity index (χ3v) is 2.74. The number of nitrogens with zero attached hydrogens (tertiary/aromatic N) is 3. The van der Waals surface area contributed by atoms with Gasteiger partial charge in [-0.3, -0.25) is 10.1 Å². The molecule has 1 aromatic carbocycles. The van der Waals surface area contributed by atoms with Gasteiger partial charge in [-0.1, -0.05) is 0 Å². The van der Waals surface area contributed by atoms with Crippen LogP contribution in [-0.4, -0.2) is 30.2 Å². The summed E-state index contributed by atoms with van der Waals surface area (Å²) in [6.45, 7) is 5.60. The third kappa shape index (κ3) is 3.94. The molecule has 0 fully saturated rings. The molecule has 0 spiro atoms. The molecule has 0 aromatic heterocycles. The van der Waals surface area contributed by atoms with E-state index in [4.69, 9.17) is 11.5 Å². The zero-order valence-electron chi connectivity index (χ0n) is 11.5. The van der Waals surface area contributed by atoms with Gasteiger partial charge in [0.15, 0.2) is 0 Å². The van der Waals surface area contributed by atoms with E-state index < -0.39 is 4.92 Å². The summed E-state index contributed by atoms with van der Waals surface area (Å²) in [7, 11) is 0. The predicted molar refractivity (Wildman–Crippen MR) is 78.6 cm³/mol. The maximum atomic E-state index is 10.8. The number of nitro groups is 1. The van der Waals surface area contributed by atoms with Crippen molar-refractivity contribution in [2.45, 2.75) is 13.8 Å². The van der Waals surface area contributed by atoms with E-state index >= 15 is 0 Å². The minimum Gasteiger partial charge on any atom is -0.371 e. The second-order valence-electron chi connectivity index (χ2n) is 3.98. The highest BCUT2D eigenvalue weighted by Gasteiger charge is 2.14. The summed E-state index contributed by atoms with van der Waals surface area (Å²) >= 11 is 0. The van der Waals surface area contributed by atoms with Crippen molar-refractivity contribution in [3.05, 3.63) is 33.9 Å². The zero-order chi connectivity index (χ0) is 15.1. The van der Waals surface area contributed by atoms with Gasteiger partial charge in [0.05, 0.1) is 16.2 Å². The van der Waals surface area contributed by atoms with E-state index in [2.05, 4.69) is 15.1 Å². The number of non-ortho nitro benzene ring substituents is 1. The van der Waals surface area contributed by atoms with Crippen molar-refractivity contribution in [2.75, 3.05) is 18.0 Å². The van der Waals surface area contributed by atoms with Crippen LogP contribution in [0, 0.1) is 10.1 Å². The number of hydrogen-bond donors (Lipinski definition) is 3. The van der Waals surface area contributed by atoms with Crippen molar-refractivity contribution < 1.29 is 10.0 Å². The van der Waals surface area contributed by atoms with Crippen molar-refractivity contribution in [3.63, 3.8) is 0 Å². The molecule has 0 aliphatic heterocycles. The fourth-order valence-electron chi connectivity index (χ4n) is 1.80. The number of nitro benzene ring substituents is 1. The van der Waals surface area contributed by atoms with Crippen LogP contribution in [-0.2, 0) is 0 Å². The number of rotatable bonds is 6. The molecule has 0 saturated carbocycles. The number of anilines is 1. The Morgan fingerprint density at radius 1 is 1.45 bits per heavy atom. The number of nitrogens with two attached hydrogens (primary N) is 2. The summed E-state index contributed by atoms with van der Waals surface area (Å²) < 4.78 is 0. The van der Waals surface area contributed by atoms with Crippen LogP contribution in [0.15, 0.2) is 23.3 Å². The lowest BCUT2D eigenvalue weighted by Crippen LogP contribution is -2.63. The second-order valence-corrected chi connectivity index (χ2v) is 3.98. The van der Waals surface area contributed by atoms with Crippen molar-refractivity contribution in [3.8, 4) is 0 Å². The van der Waals surface area contributed by atoms with E-state index in [1.54, 1.807) is 6.07 Å². The SMILES string of the molecule is CCN(CC)c1ccc([N+](=O)[O-])cc1/C=[NH+]\N=C(N)N. The fraction of sp³-hybridized carbons (Fsp3) is 0.333. The molecule has 0 saturated heterocycles. The normalized spacial score (nSPS) is 10.5. The Balaban J connectivity index is 3.26. The summed E-state index contributed by atoms with van der Waals surface area (Å²) in [5, 5.41) is 17.0. The van der Waals surface area contributed by atoms with Gasteiger partial charge in [-0.05, 0) is 19.9 Å². The molecule has 8 nitrogen and oxygen atoms in total. The molecule has 0 amide bonds. The van der Waals surface area contributed by atoms with Gasteiger partial charge in [-0.25, -0.2) is 0 Å². The molecule has 0 radical (unpaired) electrons. The average molecular weight is 279 g/mol. The van der Waals surface area contributed by atoms with E-state index in [-0.39, 0.29) is 11.6 Å². The molecule has 0 unspecified atom stereocenters. The Kier molecular flexibility index (Phi) is 5.45. The molecule has 0 heterocycles. The van der Waals surface area contributed by atoms with Crippen LogP contribution in [0.4, 0.5) is 11.4 Å². The predicted octanol–water partition coefficient (Wildman–Crippen LogP) is -0.871. The first-order valence-corrected chi connectivity index (χ1v) is 6.20. The highest BCUT2D eigenvalue weighted by molar-refractivity contribution is 5.86. The van der Waals surface area contributed by atoms with Gasteiger partial charge >= 0.3 is 0 Å². The van der Waals surface area contributed by atoms with E-state index in [1.807, 2.05) is 13.8 Å². The van der Waals surface area contributed by atoms with Crippen molar-refractivity contribution in [1.82, 2.24) is 0 Å². The Bertz CT molecular complexity index is 533. The number of nitrogens with one attached hydrogen (secondary N) is 1. The van der Waals surface area contributed by atoms with Crippen LogP contribution >= 0.6 is 0 Å². The van der Waals surface area contributed by atoms with Gasteiger partial charge in [0.1, 0.15) is 0 Å². The maximum absolute atomic E-state index is 10.8. The molecule has 20 heavy (non-hydrogen) atoms. The van der Waals surface area contributed by atoms with Crippen LogP contribution in [0.1, 0.15) is 19.4 Å². The molecule has 1 aromatic rings. The number of hydrogen-bond acceptors (Lipinski definition) is 4. The molecule has 0 aliphatic rings. The van der Waals surface area contributed by atoms with E-state index in [1.165, 1.54) is 18.3 Å². The molecule has 0 bridgehead atoms. The number of guanidine groups is 1. The summed E-state index contributed by atoms with van der Waals surface area (Å²) in [5.74, 6) is -0.115. The number of hydrazone groups is 1. The summed E-state index contributed by atoms with van der Waals surface area (Å²) in [4.78, 5) is 12.5. The molecular weight excluding hydrogens is 260 g/mol. The van der Waals surface area contributed by atoms with E-state index in [0.29, 0.717) is 5.56 Å². The van der Waals surface area contributed by atoms with Gasteiger partial charge in [0.25, 0.3) is 11.6 Å². The van der Waals surface area contributed by atoms with Crippen molar-refractivity contribution in [2.24, 2.45) is 16.6 Å². The number of benzene rings is 1. The lowest BCUT2D eigenvalue weighted by molar-refractivity contribution is -0.456. The first-order chi connectivity index (χ1) is 9.49. The minimum atomic E-state index is -0.441. The van der Waals surface area contributed by atoms with Gasteiger partial charge in [-0.15, -0.1) is 5.10 Å². The van der Waals surface area contributed by atoms with Crippen molar-refractivity contribution >= 4 is 23.5 Å². The van der Waals surface area contributed by atoms with Crippen molar-refractivity contribution in [1.29, 1.82) is 0 Å². The quantitative estimate of drug-likeness (QED) is 0.270. The molecular formula is C12H19N6O2+. The molecule has 108 valence electrons. The average Bonchev–Trinajstić information content (AvgIpc) is 2.40. The third-order valence-electron chi connectivity index (χ3n) is 2.74. The second kappa shape index (κ2) is 7.07. The highest BCUT2D eigenvalue weighted by Crippen LogP contribution is 2.23. The topological polar surface area (TPSA) is 125 Å². The summed E-state index contributed by atoms with van der Waals surface area (Å²) in [5.41, 5.74) is 12.0. The Morgan fingerprint density at radius 3 is 2.60 bits per heavy atom. The summed E-state index contributed by atoms with van der Waals surface area (Å²) in [6.07, 6.45) is 1.53. The summed E-state index contributed by atoms with van der Waals surface area (Å²) in [6, 6.07) is 4.67. The smallest absolute Gasteiger partial charge is 0.270 e. The molecule has 5 N–H and O–H groups in total. The van der Waals surface area contributed by atoms with E-state index in [9.17, 15) is 10.1 Å². The first-order valence-electron chi connectivity index (χ1n) is 6.20. The largest absolute Gasteiger partial charge is 0.371 e. The van der Waals surface area contributed by atoms with Crippen LogP contribution in [0.2, 0.25) is 0 Å². The highest BCUT2D eigenvalue weighted by atomic mass is 16.6. The fourth-order valence-corrected chi connectivity index (χ4v) is 1.80. The van der Waals surface area contributed by atoms with Gasteiger partial charge < -0.3 is 16.4 Å². The van der Waals surface area contributed by atoms with Gasteiger partial charge in [-0.2, -0.15) is 0 Å². The van der Waals surface area contributed by atoms with Crippen LogP contribution < -0.4 is 21.5 Å². The molecule has 8 heteroatoms. The Labute approximate surface area is 116 Å². The zero-order valence-corrected chi connectivity index (χ0v) is 11.5. The standard InChI is InChI=1S/C12H18N6O2/c1-3-17(4-2)11-6-5-10(18(19)20)7-9(11)8-15-16-12(13)14/h5-8H,3-4H2,1-2H3,(H4,13,14,16)/p+1/b15-8-. The lowest BCUT2D eigenvalue weighted by atomic mass is 10.1. The Hall–Kier alpha value is -2.64. The Morgan fingerprint density at radius 2 is 2.10 bits per heavy atom. The molecule has 1 rings (SSSR count). The lowest BCUT2D eigenvalue weighted by Gasteiger charge is -2.21. The monoisotopic (exact) mass is 279 g/mol. The maximum Gasteiger partial charge on any atom is 0.270 e. The molecule has 0 atom stereocenters. The molecule has 0 aliphatic carbocycles.